The molecule has 0 unspecified atom stereocenters. The van der Waals surface area contributed by atoms with Crippen molar-refractivity contribution < 1.29 is 14.4 Å². The molecule has 4 rings (SSSR count). The van der Waals surface area contributed by atoms with Crippen LogP contribution in [-0.2, 0) is 11.2 Å². The predicted octanol–water partition coefficient (Wildman–Crippen LogP) is 4.39. The van der Waals surface area contributed by atoms with Crippen LogP contribution in [0.2, 0.25) is 0 Å². The van der Waals surface area contributed by atoms with Gasteiger partial charge in [0, 0.05) is 11.8 Å². The number of aromatic nitrogens is 1. The average Bonchev–Trinajstić information content (AvgIpc) is 3.30. The Morgan fingerprint density at radius 2 is 1.85 bits per heavy atom. The third-order valence-corrected chi connectivity index (χ3v) is 5.04. The molecule has 1 aliphatic carbocycles. The van der Waals surface area contributed by atoms with Crippen LogP contribution < -0.4 is 4.84 Å². The largest absolute Gasteiger partial charge is 0.465 e. The van der Waals surface area contributed by atoms with Crippen molar-refractivity contribution in [3.8, 4) is 0 Å². The standard InChI is InChI=1S/C22H23NO3/c1-25-22(24)17-11-12-21-18(14-17)15-19(13-16-7-3-2-4-8-16)23(21)26-20-9-5-6-10-20/h2-4,7-8,11-12,14-15,20H,5-6,9-10,13H2,1H3. The summed E-state index contributed by atoms with van der Waals surface area (Å²) in [4.78, 5) is 18.2. The molecule has 1 aliphatic rings. The summed E-state index contributed by atoms with van der Waals surface area (Å²) in [5.41, 5.74) is 3.89. The molecule has 0 saturated heterocycles. The van der Waals surface area contributed by atoms with Gasteiger partial charge < -0.3 is 9.57 Å². The van der Waals surface area contributed by atoms with Gasteiger partial charge in [-0.25, -0.2) is 4.79 Å². The summed E-state index contributed by atoms with van der Waals surface area (Å²) < 4.78 is 6.82. The predicted molar refractivity (Wildman–Crippen MR) is 101 cm³/mol. The zero-order chi connectivity index (χ0) is 17.9. The lowest BCUT2D eigenvalue weighted by atomic mass is 10.1. The fraction of sp³-hybridized carbons (Fsp3) is 0.318. The molecule has 1 heterocycles. The molecule has 0 N–H and O–H groups in total. The van der Waals surface area contributed by atoms with Crippen LogP contribution in [-0.4, -0.2) is 23.9 Å². The van der Waals surface area contributed by atoms with Crippen molar-refractivity contribution >= 4 is 16.9 Å². The number of methoxy groups -OCH3 is 1. The Kier molecular flexibility index (Phi) is 4.65. The molecular weight excluding hydrogens is 326 g/mol. The van der Waals surface area contributed by atoms with Crippen molar-refractivity contribution in [2.45, 2.75) is 38.2 Å². The van der Waals surface area contributed by atoms with Crippen LogP contribution in [0, 0.1) is 0 Å². The smallest absolute Gasteiger partial charge is 0.337 e. The molecule has 3 aromatic rings. The molecule has 26 heavy (non-hydrogen) atoms. The Morgan fingerprint density at radius 3 is 2.58 bits per heavy atom. The van der Waals surface area contributed by atoms with Crippen molar-refractivity contribution in [2.24, 2.45) is 0 Å². The van der Waals surface area contributed by atoms with Crippen LogP contribution in [0.25, 0.3) is 10.9 Å². The molecule has 0 aliphatic heterocycles. The lowest BCUT2D eigenvalue weighted by molar-refractivity contribution is 0.0454. The van der Waals surface area contributed by atoms with Crippen molar-refractivity contribution in [3.05, 3.63) is 71.4 Å². The van der Waals surface area contributed by atoms with E-state index in [-0.39, 0.29) is 12.1 Å². The van der Waals surface area contributed by atoms with Gasteiger partial charge in [0.2, 0.25) is 0 Å². The zero-order valence-electron chi connectivity index (χ0n) is 15.0. The lowest BCUT2D eigenvalue weighted by Gasteiger charge is -2.17. The number of hydrogen-bond acceptors (Lipinski definition) is 3. The number of nitrogens with zero attached hydrogens (tertiary/aromatic N) is 1. The van der Waals surface area contributed by atoms with Crippen molar-refractivity contribution in [2.75, 3.05) is 7.11 Å². The van der Waals surface area contributed by atoms with Gasteiger partial charge >= 0.3 is 5.97 Å². The summed E-state index contributed by atoms with van der Waals surface area (Å²) in [5, 5.41) is 0.997. The summed E-state index contributed by atoms with van der Waals surface area (Å²) in [6.45, 7) is 0. The highest BCUT2D eigenvalue weighted by Gasteiger charge is 2.20. The van der Waals surface area contributed by atoms with E-state index in [2.05, 4.69) is 30.3 Å². The van der Waals surface area contributed by atoms with Gasteiger partial charge in [-0.2, -0.15) is 4.73 Å². The van der Waals surface area contributed by atoms with Gasteiger partial charge in [0.15, 0.2) is 0 Å². The fourth-order valence-electron chi connectivity index (χ4n) is 3.69. The number of carbonyl (C=O) groups excluding carboxylic acids is 1. The van der Waals surface area contributed by atoms with Gasteiger partial charge in [-0.15, -0.1) is 0 Å². The number of carbonyl (C=O) groups is 1. The minimum Gasteiger partial charge on any atom is -0.465 e. The summed E-state index contributed by atoms with van der Waals surface area (Å²) in [6.07, 6.45) is 5.71. The van der Waals surface area contributed by atoms with Crippen LogP contribution in [0.15, 0.2) is 54.6 Å². The summed E-state index contributed by atoms with van der Waals surface area (Å²) in [5.74, 6) is -0.319. The normalized spacial score (nSPS) is 14.7. The second-order valence-corrected chi connectivity index (χ2v) is 6.87. The van der Waals surface area contributed by atoms with Gasteiger partial charge in [-0.05, 0) is 55.5 Å². The maximum Gasteiger partial charge on any atom is 0.337 e. The minimum atomic E-state index is -0.319. The summed E-state index contributed by atoms with van der Waals surface area (Å²) >= 11 is 0. The van der Waals surface area contributed by atoms with Crippen LogP contribution in [0.5, 0.6) is 0 Å². The van der Waals surface area contributed by atoms with Gasteiger partial charge in [-0.1, -0.05) is 30.3 Å². The molecular formula is C22H23NO3. The van der Waals surface area contributed by atoms with E-state index in [0.717, 1.165) is 35.9 Å². The van der Waals surface area contributed by atoms with Crippen LogP contribution in [0.4, 0.5) is 0 Å². The monoisotopic (exact) mass is 349 g/mol. The maximum atomic E-state index is 11.9. The van der Waals surface area contributed by atoms with E-state index < -0.39 is 0 Å². The Bertz CT molecular complexity index is 908. The fourth-order valence-corrected chi connectivity index (χ4v) is 3.69. The molecule has 4 heteroatoms. The van der Waals surface area contributed by atoms with Crippen molar-refractivity contribution in [3.63, 3.8) is 0 Å². The topological polar surface area (TPSA) is 40.5 Å². The van der Waals surface area contributed by atoms with Crippen LogP contribution >= 0.6 is 0 Å². The van der Waals surface area contributed by atoms with Gasteiger partial charge in [0.1, 0.15) is 6.10 Å². The van der Waals surface area contributed by atoms with Crippen molar-refractivity contribution in [1.29, 1.82) is 0 Å². The van der Waals surface area contributed by atoms with Gasteiger partial charge in [0.25, 0.3) is 0 Å². The number of benzene rings is 2. The zero-order valence-corrected chi connectivity index (χ0v) is 15.0. The Morgan fingerprint density at radius 1 is 1.08 bits per heavy atom. The molecule has 134 valence electrons. The maximum absolute atomic E-state index is 11.9. The molecule has 1 fully saturated rings. The second-order valence-electron chi connectivity index (χ2n) is 6.87. The number of fused-ring (bicyclic) bond motifs is 1. The Labute approximate surface area is 153 Å². The SMILES string of the molecule is COC(=O)c1ccc2c(c1)cc(Cc1ccccc1)n2OC1CCCC1. The first-order valence-corrected chi connectivity index (χ1v) is 9.18. The molecule has 0 amide bonds. The lowest BCUT2D eigenvalue weighted by Crippen LogP contribution is -2.23. The quantitative estimate of drug-likeness (QED) is 0.642. The highest BCUT2D eigenvalue weighted by atomic mass is 16.7. The average molecular weight is 349 g/mol. The number of ether oxygens (including phenoxy) is 1. The van der Waals surface area contributed by atoms with Crippen LogP contribution in [0.1, 0.15) is 47.3 Å². The van der Waals surface area contributed by atoms with Crippen LogP contribution in [0.3, 0.4) is 0 Å². The molecule has 1 saturated carbocycles. The van der Waals surface area contributed by atoms with E-state index in [0.29, 0.717) is 5.56 Å². The van der Waals surface area contributed by atoms with E-state index in [1.54, 1.807) is 6.07 Å². The molecule has 0 spiro atoms. The van der Waals surface area contributed by atoms with E-state index in [1.807, 2.05) is 22.9 Å². The molecule has 4 nitrogen and oxygen atoms in total. The molecule has 0 bridgehead atoms. The number of rotatable bonds is 5. The van der Waals surface area contributed by atoms with E-state index >= 15 is 0 Å². The van der Waals surface area contributed by atoms with E-state index in [9.17, 15) is 4.79 Å². The molecule has 0 atom stereocenters. The number of esters is 1. The molecule has 1 aromatic heterocycles. The minimum absolute atomic E-state index is 0.264. The highest BCUT2D eigenvalue weighted by molar-refractivity contribution is 5.95. The van der Waals surface area contributed by atoms with Crippen molar-refractivity contribution in [1.82, 2.24) is 4.73 Å². The third kappa shape index (κ3) is 3.32. The first-order valence-electron chi connectivity index (χ1n) is 9.18. The second kappa shape index (κ2) is 7.24. The Hall–Kier alpha value is -2.75. The van der Waals surface area contributed by atoms with E-state index in [4.69, 9.17) is 9.57 Å². The first-order chi connectivity index (χ1) is 12.7. The summed E-state index contributed by atoms with van der Waals surface area (Å²) in [7, 11) is 1.40. The van der Waals surface area contributed by atoms with Gasteiger partial charge in [-0.3, -0.25) is 0 Å². The summed E-state index contributed by atoms with van der Waals surface area (Å²) in [6, 6.07) is 18.1. The third-order valence-electron chi connectivity index (χ3n) is 5.04. The Balaban J connectivity index is 1.75. The first kappa shape index (κ1) is 16.7. The van der Waals surface area contributed by atoms with Gasteiger partial charge in [0.05, 0.1) is 23.9 Å². The molecule has 2 aromatic carbocycles. The number of hydrogen-bond donors (Lipinski definition) is 0. The molecule has 0 radical (unpaired) electrons. The van der Waals surface area contributed by atoms with E-state index in [1.165, 1.54) is 25.5 Å². The highest BCUT2D eigenvalue weighted by Crippen LogP contribution is 2.26.